The maximum Gasteiger partial charge on any atom is 0.273 e. The summed E-state index contributed by atoms with van der Waals surface area (Å²) in [6.45, 7) is 4.81. The summed E-state index contributed by atoms with van der Waals surface area (Å²) in [6, 6.07) is 18.0. The Labute approximate surface area is 198 Å². The van der Waals surface area contributed by atoms with E-state index in [1.165, 1.54) is 16.9 Å². The number of hydrogen-bond donors (Lipinski definition) is 0. The van der Waals surface area contributed by atoms with Gasteiger partial charge in [-0.15, -0.1) is 11.3 Å². The Balaban J connectivity index is 1.25. The summed E-state index contributed by atoms with van der Waals surface area (Å²) in [5, 5.41) is 2.63. The fourth-order valence-electron chi connectivity index (χ4n) is 3.93. The summed E-state index contributed by atoms with van der Waals surface area (Å²) >= 11 is 1.46. The molecule has 0 unspecified atom stereocenters. The number of benzene rings is 2. The molecule has 0 radical (unpaired) electrons. The molecule has 2 heterocycles. The van der Waals surface area contributed by atoms with Crippen molar-refractivity contribution in [2.45, 2.75) is 26.2 Å². The van der Waals surface area contributed by atoms with E-state index < -0.39 is 0 Å². The number of carbonyl (C=O) groups excluding carboxylic acids is 2. The number of aromatic nitrogens is 1. The van der Waals surface area contributed by atoms with E-state index in [0.717, 1.165) is 29.2 Å². The highest BCUT2D eigenvalue weighted by molar-refractivity contribution is 7.13. The van der Waals surface area contributed by atoms with Gasteiger partial charge in [0.1, 0.15) is 16.5 Å². The van der Waals surface area contributed by atoms with Gasteiger partial charge in [0.05, 0.1) is 6.61 Å². The molecule has 6 nitrogen and oxygen atoms in total. The first-order valence-electron chi connectivity index (χ1n) is 11.4. The normalized spacial score (nSPS) is 13.7. The monoisotopic (exact) mass is 463 g/mol. The average Bonchev–Trinajstić information content (AvgIpc) is 3.35. The minimum Gasteiger partial charge on any atom is -0.494 e. The zero-order valence-electron chi connectivity index (χ0n) is 18.9. The lowest BCUT2D eigenvalue weighted by Crippen LogP contribution is -2.50. The van der Waals surface area contributed by atoms with E-state index in [0.29, 0.717) is 44.9 Å². The highest BCUT2D eigenvalue weighted by atomic mass is 32.1. The molecule has 0 N–H and O–H groups in total. The van der Waals surface area contributed by atoms with E-state index in [2.05, 4.69) is 17.1 Å². The Bertz CT molecular complexity index is 1060. The van der Waals surface area contributed by atoms with Crippen LogP contribution in [0.15, 0.2) is 60.0 Å². The summed E-state index contributed by atoms with van der Waals surface area (Å²) in [5.41, 5.74) is 2.69. The number of hydrogen-bond acceptors (Lipinski definition) is 5. The molecular weight excluding hydrogens is 434 g/mol. The van der Waals surface area contributed by atoms with Crippen LogP contribution in [0.5, 0.6) is 5.75 Å². The number of rotatable bonds is 8. The molecule has 4 rings (SSSR count). The van der Waals surface area contributed by atoms with E-state index in [9.17, 15) is 9.59 Å². The highest BCUT2D eigenvalue weighted by Gasteiger charge is 2.26. The molecule has 33 heavy (non-hydrogen) atoms. The van der Waals surface area contributed by atoms with Gasteiger partial charge >= 0.3 is 0 Å². The molecule has 0 spiro atoms. The van der Waals surface area contributed by atoms with Crippen molar-refractivity contribution in [3.05, 3.63) is 71.2 Å². The van der Waals surface area contributed by atoms with Gasteiger partial charge in [-0.25, -0.2) is 4.98 Å². The maximum atomic E-state index is 12.9. The van der Waals surface area contributed by atoms with Crippen LogP contribution >= 0.6 is 11.3 Å². The van der Waals surface area contributed by atoms with E-state index in [-0.39, 0.29) is 11.8 Å². The largest absolute Gasteiger partial charge is 0.494 e. The molecule has 0 bridgehead atoms. The lowest BCUT2D eigenvalue weighted by molar-refractivity contribution is -0.132. The predicted molar refractivity (Wildman–Crippen MR) is 131 cm³/mol. The van der Waals surface area contributed by atoms with Crippen LogP contribution in [0.2, 0.25) is 0 Å². The molecule has 3 aromatic rings. The molecule has 0 atom stereocenters. The zero-order chi connectivity index (χ0) is 23.0. The second-order valence-corrected chi connectivity index (χ2v) is 8.87. The van der Waals surface area contributed by atoms with Gasteiger partial charge in [-0.3, -0.25) is 9.59 Å². The molecule has 1 aliphatic heterocycles. The van der Waals surface area contributed by atoms with Crippen molar-refractivity contribution >= 4 is 23.2 Å². The number of nitrogens with zero attached hydrogens (tertiary/aromatic N) is 3. The van der Waals surface area contributed by atoms with Crippen LogP contribution in [0.4, 0.5) is 0 Å². The third-order valence-electron chi connectivity index (χ3n) is 5.75. The molecule has 2 amide bonds. The second kappa shape index (κ2) is 11.1. The minimum absolute atomic E-state index is 0.0698. The Morgan fingerprint density at radius 1 is 0.970 bits per heavy atom. The molecule has 1 saturated heterocycles. The van der Waals surface area contributed by atoms with E-state index in [1.54, 1.807) is 4.90 Å². The zero-order valence-corrected chi connectivity index (χ0v) is 19.7. The maximum absolute atomic E-state index is 12.9. The first-order chi connectivity index (χ1) is 16.1. The lowest BCUT2D eigenvalue weighted by atomic mass is 10.1. The van der Waals surface area contributed by atoms with Crippen molar-refractivity contribution in [3.63, 3.8) is 0 Å². The van der Waals surface area contributed by atoms with Crippen LogP contribution < -0.4 is 4.74 Å². The first kappa shape index (κ1) is 23.0. The van der Waals surface area contributed by atoms with Crippen molar-refractivity contribution in [1.82, 2.24) is 14.8 Å². The second-order valence-electron chi connectivity index (χ2n) is 8.01. The molecule has 172 valence electrons. The van der Waals surface area contributed by atoms with Crippen LogP contribution in [-0.2, 0) is 11.2 Å². The quantitative estimate of drug-likeness (QED) is 0.493. The van der Waals surface area contributed by atoms with E-state index in [4.69, 9.17) is 4.74 Å². The van der Waals surface area contributed by atoms with Crippen molar-refractivity contribution in [2.24, 2.45) is 0 Å². The molecule has 0 saturated carbocycles. The summed E-state index contributed by atoms with van der Waals surface area (Å²) in [7, 11) is 0. The van der Waals surface area contributed by atoms with Crippen molar-refractivity contribution in [1.29, 1.82) is 0 Å². The smallest absolute Gasteiger partial charge is 0.273 e. The van der Waals surface area contributed by atoms with Gasteiger partial charge in [-0.2, -0.15) is 0 Å². The number of piperazine rings is 1. The topological polar surface area (TPSA) is 62.7 Å². The molecule has 1 aliphatic rings. The number of aryl methyl sites for hydroxylation is 1. The fraction of sp³-hybridized carbons (Fsp3) is 0.346. The third-order valence-corrected chi connectivity index (χ3v) is 6.65. The van der Waals surface area contributed by atoms with Crippen LogP contribution in [-0.4, -0.2) is 59.4 Å². The summed E-state index contributed by atoms with van der Waals surface area (Å²) in [6.07, 6.45) is 2.29. The van der Waals surface area contributed by atoms with Gasteiger partial charge in [0, 0.05) is 43.5 Å². The van der Waals surface area contributed by atoms with Crippen LogP contribution in [0, 0.1) is 0 Å². The summed E-state index contributed by atoms with van der Waals surface area (Å²) < 4.78 is 5.48. The van der Waals surface area contributed by atoms with Crippen molar-refractivity contribution < 1.29 is 14.3 Å². The number of ether oxygens (including phenoxy) is 1. The molecule has 7 heteroatoms. The lowest BCUT2D eigenvalue weighted by Gasteiger charge is -2.34. The Morgan fingerprint density at radius 2 is 1.67 bits per heavy atom. The van der Waals surface area contributed by atoms with Crippen molar-refractivity contribution in [3.8, 4) is 16.3 Å². The SMILES string of the molecule is CCOc1ccc(-c2nc(C(=O)N3CCN(C(=O)CCCc4ccccc4)CC3)cs2)cc1. The average molecular weight is 464 g/mol. The van der Waals surface area contributed by atoms with E-state index >= 15 is 0 Å². The summed E-state index contributed by atoms with van der Waals surface area (Å²) in [4.78, 5) is 33.7. The number of thiazole rings is 1. The number of carbonyl (C=O) groups is 2. The predicted octanol–water partition coefficient (Wildman–Crippen LogP) is 4.52. The first-order valence-corrected chi connectivity index (χ1v) is 12.3. The van der Waals surface area contributed by atoms with Crippen LogP contribution in [0.3, 0.4) is 0 Å². The molecule has 0 aliphatic carbocycles. The van der Waals surface area contributed by atoms with Crippen molar-refractivity contribution in [2.75, 3.05) is 32.8 Å². The molecule has 2 aromatic carbocycles. The van der Waals surface area contributed by atoms with Gasteiger partial charge in [0.15, 0.2) is 0 Å². The standard InChI is InChI=1S/C26H29N3O3S/c1-2-32-22-13-11-21(12-14-22)25-27-23(19-33-25)26(31)29-17-15-28(16-18-29)24(30)10-6-9-20-7-4-3-5-8-20/h3-5,7-8,11-14,19H,2,6,9-10,15-18H2,1H3. The van der Waals surface area contributed by atoms with Crippen LogP contribution in [0.1, 0.15) is 35.8 Å². The van der Waals surface area contributed by atoms with Gasteiger partial charge in [-0.1, -0.05) is 30.3 Å². The van der Waals surface area contributed by atoms with Gasteiger partial charge in [-0.05, 0) is 49.6 Å². The Hall–Kier alpha value is -3.19. The number of amides is 2. The van der Waals surface area contributed by atoms with Gasteiger partial charge in [0.2, 0.25) is 5.91 Å². The Kier molecular flexibility index (Phi) is 7.73. The highest BCUT2D eigenvalue weighted by Crippen LogP contribution is 2.26. The van der Waals surface area contributed by atoms with Gasteiger partial charge < -0.3 is 14.5 Å². The van der Waals surface area contributed by atoms with Gasteiger partial charge in [0.25, 0.3) is 5.91 Å². The summed E-state index contributed by atoms with van der Waals surface area (Å²) in [5.74, 6) is 0.922. The van der Waals surface area contributed by atoms with Crippen LogP contribution in [0.25, 0.3) is 10.6 Å². The minimum atomic E-state index is -0.0698. The third kappa shape index (κ3) is 5.99. The molecule has 1 aromatic heterocycles. The fourth-order valence-corrected chi connectivity index (χ4v) is 4.73. The Morgan fingerprint density at radius 3 is 2.36 bits per heavy atom. The van der Waals surface area contributed by atoms with E-state index in [1.807, 2.05) is 59.7 Å². The molecular formula is C26H29N3O3S. The molecule has 1 fully saturated rings.